The van der Waals surface area contributed by atoms with Gasteiger partial charge in [-0.1, -0.05) is 30.3 Å². The van der Waals surface area contributed by atoms with E-state index < -0.39 is 0 Å². The molecule has 0 aliphatic heterocycles. The monoisotopic (exact) mass is 187 g/mol. The van der Waals surface area contributed by atoms with Gasteiger partial charge in [0.15, 0.2) is 0 Å². The van der Waals surface area contributed by atoms with E-state index in [1.807, 2.05) is 24.4 Å². The molecule has 0 aliphatic rings. The molecule has 2 aromatic rings. The highest BCUT2D eigenvalue weighted by molar-refractivity contribution is 5.29. The molecule has 2 heteroatoms. The van der Waals surface area contributed by atoms with Gasteiger partial charge in [0.1, 0.15) is 5.75 Å². The van der Waals surface area contributed by atoms with Crippen LogP contribution in [0.25, 0.3) is 0 Å². The molecular weight excluding hydrogens is 174 g/mol. The molecule has 1 aromatic carbocycles. The zero-order valence-electron chi connectivity index (χ0n) is 7.90. The third-order valence-electron chi connectivity index (χ3n) is 2.33. The van der Waals surface area contributed by atoms with E-state index in [1.165, 1.54) is 5.56 Å². The van der Waals surface area contributed by atoms with Gasteiger partial charge in [0.25, 0.3) is 0 Å². The van der Waals surface area contributed by atoms with Crippen LogP contribution in [0.5, 0.6) is 5.75 Å². The Balaban J connectivity index is 1.99. The van der Waals surface area contributed by atoms with E-state index >= 15 is 0 Å². The number of hydrogen-bond acceptors (Lipinski definition) is 1. The Morgan fingerprint density at radius 3 is 2.43 bits per heavy atom. The molecule has 14 heavy (non-hydrogen) atoms. The molecule has 2 rings (SSSR count). The molecule has 0 fully saturated rings. The molecule has 0 bridgehead atoms. The highest BCUT2D eigenvalue weighted by atomic mass is 16.3. The SMILES string of the molecule is Oc1c[nH]cc1CCc1ccccc1. The summed E-state index contributed by atoms with van der Waals surface area (Å²) in [6.07, 6.45) is 5.30. The summed E-state index contributed by atoms with van der Waals surface area (Å²) in [6, 6.07) is 10.3. The minimum Gasteiger partial charge on any atom is -0.506 e. The predicted molar refractivity (Wildman–Crippen MR) is 56.3 cm³/mol. The van der Waals surface area contributed by atoms with Crippen LogP contribution >= 0.6 is 0 Å². The summed E-state index contributed by atoms with van der Waals surface area (Å²) in [5, 5.41) is 9.40. The van der Waals surface area contributed by atoms with E-state index in [-0.39, 0.29) is 0 Å². The number of rotatable bonds is 3. The third-order valence-corrected chi connectivity index (χ3v) is 2.33. The average molecular weight is 187 g/mol. The Bertz CT molecular complexity index is 392. The maximum absolute atomic E-state index is 9.40. The largest absolute Gasteiger partial charge is 0.506 e. The fraction of sp³-hybridized carbons (Fsp3) is 0.167. The van der Waals surface area contributed by atoms with Crippen LogP contribution in [0.3, 0.4) is 0 Å². The first-order valence-corrected chi connectivity index (χ1v) is 4.75. The van der Waals surface area contributed by atoms with Crippen molar-refractivity contribution >= 4 is 0 Å². The number of benzene rings is 1. The fourth-order valence-corrected chi connectivity index (χ4v) is 1.51. The summed E-state index contributed by atoms with van der Waals surface area (Å²) in [4.78, 5) is 2.88. The highest BCUT2D eigenvalue weighted by Gasteiger charge is 2.01. The second-order valence-electron chi connectivity index (χ2n) is 3.35. The van der Waals surface area contributed by atoms with Crippen LogP contribution in [0.1, 0.15) is 11.1 Å². The Hall–Kier alpha value is -1.70. The maximum atomic E-state index is 9.40. The van der Waals surface area contributed by atoms with Crippen molar-refractivity contribution in [2.45, 2.75) is 12.8 Å². The highest BCUT2D eigenvalue weighted by Crippen LogP contribution is 2.17. The lowest BCUT2D eigenvalue weighted by Gasteiger charge is -1.99. The first-order valence-electron chi connectivity index (χ1n) is 4.75. The molecular formula is C12H13NO. The second kappa shape index (κ2) is 4.01. The van der Waals surface area contributed by atoms with Gasteiger partial charge in [-0.3, -0.25) is 0 Å². The average Bonchev–Trinajstić information content (AvgIpc) is 2.63. The molecule has 2 nitrogen and oxygen atoms in total. The predicted octanol–water partition coefficient (Wildman–Crippen LogP) is 2.51. The van der Waals surface area contributed by atoms with Gasteiger partial charge in [0.05, 0.1) is 0 Å². The van der Waals surface area contributed by atoms with E-state index in [9.17, 15) is 5.11 Å². The number of aryl methyl sites for hydroxylation is 2. The van der Waals surface area contributed by atoms with Gasteiger partial charge in [-0.25, -0.2) is 0 Å². The van der Waals surface area contributed by atoms with Crippen molar-refractivity contribution in [3.63, 3.8) is 0 Å². The van der Waals surface area contributed by atoms with Crippen molar-refractivity contribution in [3.05, 3.63) is 53.9 Å². The third kappa shape index (κ3) is 1.96. The summed E-state index contributed by atoms with van der Waals surface area (Å²) < 4.78 is 0. The lowest BCUT2D eigenvalue weighted by Crippen LogP contribution is -1.89. The Kier molecular flexibility index (Phi) is 2.54. The quantitative estimate of drug-likeness (QED) is 0.761. The summed E-state index contributed by atoms with van der Waals surface area (Å²) in [7, 11) is 0. The molecule has 0 aliphatic carbocycles. The molecule has 0 spiro atoms. The summed E-state index contributed by atoms with van der Waals surface area (Å²) in [5.41, 5.74) is 2.28. The van der Waals surface area contributed by atoms with Gasteiger partial charge >= 0.3 is 0 Å². The Morgan fingerprint density at radius 1 is 1.00 bits per heavy atom. The van der Waals surface area contributed by atoms with Crippen LogP contribution in [0.4, 0.5) is 0 Å². The van der Waals surface area contributed by atoms with Gasteiger partial charge in [0.2, 0.25) is 0 Å². The molecule has 1 aromatic heterocycles. The van der Waals surface area contributed by atoms with Gasteiger partial charge < -0.3 is 10.1 Å². The van der Waals surface area contributed by atoms with Gasteiger partial charge in [-0.05, 0) is 18.4 Å². The van der Waals surface area contributed by atoms with Crippen LogP contribution in [-0.4, -0.2) is 10.1 Å². The van der Waals surface area contributed by atoms with Gasteiger partial charge in [-0.15, -0.1) is 0 Å². The zero-order valence-corrected chi connectivity index (χ0v) is 7.90. The number of aromatic hydroxyl groups is 1. The van der Waals surface area contributed by atoms with Crippen LogP contribution in [0, 0.1) is 0 Å². The molecule has 2 N–H and O–H groups in total. The standard InChI is InChI=1S/C12H13NO/c14-12-9-13-8-11(12)7-6-10-4-2-1-3-5-10/h1-5,8-9,13-14H,6-7H2. The van der Waals surface area contributed by atoms with Crippen LogP contribution < -0.4 is 0 Å². The second-order valence-corrected chi connectivity index (χ2v) is 3.35. The van der Waals surface area contributed by atoms with Crippen molar-refractivity contribution in [1.29, 1.82) is 0 Å². The molecule has 72 valence electrons. The van der Waals surface area contributed by atoms with Crippen molar-refractivity contribution < 1.29 is 5.11 Å². The van der Waals surface area contributed by atoms with Gasteiger partial charge in [0, 0.05) is 18.0 Å². The summed E-state index contributed by atoms with van der Waals surface area (Å²) >= 11 is 0. The minimum absolute atomic E-state index is 0.362. The molecule has 0 radical (unpaired) electrons. The molecule has 0 saturated heterocycles. The molecule has 0 atom stereocenters. The Morgan fingerprint density at radius 2 is 1.79 bits per heavy atom. The van der Waals surface area contributed by atoms with E-state index in [0.717, 1.165) is 18.4 Å². The molecule has 0 unspecified atom stereocenters. The van der Waals surface area contributed by atoms with Crippen LogP contribution in [0.15, 0.2) is 42.7 Å². The number of aromatic nitrogens is 1. The van der Waals surface area contributed by atoms with Crippen molar-refractivity contribution in [1.82, 2.24) is 4.98 Å². The Labute approximate surface area is 83.2 Å². The number of nitrogens with one attached hydrogen (secondary N) is 1. The lowest BCUT2D eigenvalue weighted by atomic mass is 10.1. The van der Waals surface area contributed by atoms with Crippen LogP contribution in [0.2, 0.25) is 0 Å². The van der Waals surface area contributed by atoms with Crippen LogP contribution in [-0.2, 0) is 12.8 Å². The fourth-order valence-electron chi connectivity index (χ4n) is 1.51. The van der Waals surface area contributed by atoms with Gasteiger partial charge in [-0.2, -0.15) is 0 Å². The number of aromatic amines is 1. The molecule has 0 saturated carbocycles. The van der Waals surface area contributed by atoms with Crippen molar-refractivity contribution in [3.8, 4) is 5.75 Å². The summed E-state index contributed by atoms with van der Waals surface area (Å²) in [5.74, 6) is 0.362. The first-order chi connectivity index (χ1) is 6.86. The number of hydrogen-bond donors (Lipinski definition) is 2. The molecule has 0 amide bonds. The van der Waals surface area contributed by atoms with Crippen molar-refractivity contribution in [2.75, 3.05) is 0 Å². The van der Waals surface area contributed by atoms with E-state index in [0.29, 0.717) is 5.75 Å². The van der Waals surface area contributed by atoms with E-state index in [4.69, 9.17) is 0 Å². The summed E-state index contributed by atoms with van der Waals surface area (Å²) in [6.45, 7) is 0. The molecule has 1 heterocycles. The van der Waals surface area contributed by atoms with Crippen molar-refractivity contribution in [2.24, 2.45) is 0 Å². The zero-order chi connectivity index (χ0) is 9.80. The topological polar surface area (TPSA) is 36.0 Å². The van der Waals surface area contributed by atoms with E-state index in [1.54, 1.807) is 6.20 Å². The smallest absolute Gasteiger partial charge is 0.136 e. The normalized spacial score (nSPS) is 10.3. The van der Waals surface area contributed by atoms with E-state index in [2.05, 4.69) is 17.1 Å². The first kappa shape index (κ1) is 8.88. The number of H-pyrrole nitrogens is 1. The minimum atomic E-state index is 0.362. The maximum Gasteiger partial charge on any atom is 0.136 e. The lowest BCUT2D eigenvalue weighted by molar-refractivity contribution is 0.469.